The van der Waals surface area contributed by atoms with Crippen molar-refractivity contribution in [2.45, 2.75) is 6.42 Å². The first kappa shape index (κ1) is 26.1. The summed E-state index contributed by atoms with van der Waals surface area (Å²) < 4.78 is 21.7. The minimum absolute atomic E-state index is 0.255. The average Bonchev–Trinajstić information content (AvgIpc) is 3.31. The number of aromatic nitrogens is 4. The molecule has 1 N–H and O–H groups in total. The molecule has 41 heavy (non-hydrogen) atoms. The lowest BCUT2D eigenvalue weighted by molar-refractivity contribution is 0.354. The van der Waals surface area contributed by atoms with Crippen molar-refractivity contribution >= 4 is 5.82 Å². The minimum atomic E-state index is 0.255. The van der Waals surface area contributed by atoms with Gasteiger partial charge in [-0.05, 0) is 46.9 Å². The maximum absolute atomic E-state index is 5.53. The molecule has 0 atom stereocenters. The number of anilines is 1. The first-order valence-corrected chi connectivity index (χ1v) is 13.2. The van der Waals surface area contributed by atoms with E-state index in [1.54, 1.807) is 34.6 Å². The molecule has 0 spiro atoms. The van der Waals surface area contributed by atoms with E-state index >= 15 is 0 Å². The minimum Gasteiger partial charge on any atom is -0.493 e. The molecule has 2 bridgehead atoms. The predicted molar refractivity (Wildman–Crippen MR) is 158 cm³/mol. The molecule has 0 aliphatic heterocycles. The molecule has 1 aliphatic carbocycles. The van der Waals surface area contributed by atoms with Crippen molar-refractivity contribution in [3.8, 4) is 68.3 Å². The Balaban J connectivity index is 1.40. The van der Waals surface area contributed by atoms with E-state index in [0.717, 1.165) is 51.1 Å². The van der Waals surface area contributed by atoms with Gasteiger partial charge in [-0.25, -0.2) is 4.98 Å². The van der Waals surface area contributed by atoms with E-state index in [0.29, 0.717) is 29.6 Å². The van der Waals surface area contributed by atoms with Gasteiger partial charge in [0.15, 0.2) is 11.5 Å². The zero-order valence-corrected chi connectivity index (χ0v) is 23.3. The van der Waals surface area contributed by atoms with Gasteiger partial charge in [-0.15, -0.1) is 0 Å². The van der Waals surface area contributed by atoms with Gasteiger partial charge in [0.2, 0.25) is 0 Å². The zero-order valence-electron chi connectivity index (χ0n) is 23.3. The summed E-state index contributed by atoms with van der Waals surface area (Å²) in [7, 11) is 6.37. The fourth-order valence-electron chi connectivity index (χ4n) is 5.09. The number of hydrogen-bond donors (Lipinski definition) is 1. The maximum Gasteiger partial charge on any atom is 0.318 e. The molecule has 1 aliphatic rings. The van der Waals surface area contributed by atoms with Crippen LogP contribution in [0.2, 0.25) is 0 Å². The smallest absolute Gasteiger partial charge is 0.318 e. The van der Waals surface area contributed by atoms with E-state index in [4.69, 9.17) is 28.9 Å². The molecule has 0 radical (unpaired) electrons. The molecule has 0 unspecified atom stereocenters. The second-order valence-electron chi connectivity index (χ2n) is 9.39. The van der Waals surface area contributed by atoms with Crippen molar-refractivity contribution in [2.75, 3.05) is 40.3 Å². The number of rotatable bonds is 10. The van der Waals surface area contributed by atoms with Crippen LogP contribution in [0.4, 0.5) is 5.82 Å². The van der Waals surface area contributed by atoms with Crippen LogP contribution in [0.25, 0.3) is 44.8 Å². The third-order valence-electron chi connectivity index (χ3n) is 7.08. The van der Waals surface area contributed by atoms with Crippen molar-refractivity contribution in [2.24, 2.45) is 0 Å². The Morgan fingerprint density at radius 1 is 0.634 bits per heavy atom. The standard InChI is InChI=1S/C32H29N5O4/c1-38-25-13-10-19(16-26(25)39-2)14-15-33-30-24(18-34-31(37-30)40-3)29-27-23-17-21(28(27)35-32(36-29)41-4)11-12-22(23)20-8-6-5-7-9-20/h5-13,16-18H,14-15H2,1-4H3,(H,33,34,37). The number of nitrogens with zero attached hydrogens (tertiary/aromatic N) is 4. The fourth-order valence-corrected chi connectivity index (χ4v) is 5.09. The molecule has 0 fully saturated rings. The molecule has 5 aromatic rings. The van der Waals surface area contributed by atoms with Crippen LogP contribution >= 0.6 is 0 Å². The molecule has 9 nitrogen and oxygen atoms in total. The van der Waals surface area contributed by atoms with Gasteiger partial charge in [-0.3, -0.25) is 0 Å². The summed E-state index contributed by atoms with van der Waals surface area (Å²) in [4.78, 5) is 18.7. The van der Waals surface area contributed by atoms with E-state index in [1.807, 2.05) is 36.4 Å². The molecule has 3 aromatic carbocycles. The molecule has 2 aromatic heterocycles. The van der Waals surface area contributed by atoms with Crippen LogP contribution in [0.5, 0.6) is 23.5 Å². The van der Waals surface area contributed by atoms with Crippen LogP contribution in [0.1, 0.15) is 5.56 Å². The van der Waals surface area contributed by atoms with Crippen LogP contribution in [0, 0.1) is 0 Å². The predicted octanol–water partition coefficient (Wildman–Crippen LogP) is 5.94. The summed E-state index contributed by atoms with van der Waals surface area (Å²) in [6, 6.07) is 23.1. The van der Waals surface area contributed by atoms with Crippen LogP contribution in [-0.2, 0) is 6.42 Å². The van der Waals surface area contributed by atoms with E-state index in [2.05, 4.69) is 45.6 Å². The Labute approximate surface area is 238 Å². The maximum atomic E-state index is 5.53. The van der Waals surface area contributed by atoms with Gasteiger partial charge in [0, 0.05) is 23.9 Å². The summed E-state index contributed by atoms with van der Waals surface area (Å²) in [5, 5.41) is 3.48. The highest BCUT2D eigenvalue weighted by Crippen LogP contribution is 2.49. The van der Waals surface area contributed by atoms with Crippen molar-refractivity contribution in [3.63, 3.8) is 0 Å². The lowest BCUT2D eigenvalue weighted by Crippen LogP contribution is -2.10. The molecule has 0 saturated heterocycles. The van der Waals surface area contributed by atoms with Crippen molar-refractivity contribution < 1.29 is 18.9 Å². The topological polar surface area (TPSA) is 101 Å². The molecule has 9 heteroatoms. The Morgan fingerprint density at radius 2 is 1.41 bits per heavy atom. The average molecular weight is 548 g/mol. The highest BCUT2D eigenvalue weighted by molar-refractivity contribution is 6.03. The summed E-state index contributed by atoms with van der Waals surface area (Å²) in [5.41, 5.74) is 8.49. The Bertz CT molecular complexity index is 1730. The summed E-state index contributed by atoms with van der Waals surface area (Å²) >= 11 is 0. The largest absolute Gasteiger partial charge is 0.493 e. The number of nitrogens with one attached hydrogen (secondary N) is 1. The first-order valence-electron chi connectivity index (χ1n) is 13.2. The Hall–Kier alpha value is -5.18. The van der Waals surface area contributed by atoms with Crippen molar-refractivity contribution in [3.05, 3.63) is 78.5 Å². The fraction of sp³-hybridized carbons (Fsp3) is 0.188. The van der Waals surface area contributed by atoms with Gasteiger partial charge >= 0.3 is 12.0 Å². The molecule has 6 rings (SSSR count). The molecular formula is C32H29N5O4. The lowest BCUT2D eigenvalue weighted by Gasteiger charge is -2.16. The normalized spacial score (nSPS) is 11.1. The first-order chi connectivity index (χ1) is 20.1. The molecular weight excluding hydrogens is 518 g/mol. The third-order valence-corrected chi connectivity index (χ3v) is 7.08. The van der Waals surface area contributed by atoms with Gasteiger partial charge in [-0.2, -0.15) is 15.0 Å². The molecule has 0 saturated carbocycles. The van der Waals surface area contributed by atoms with E-state index in [1.165, 1.54) is 0 Å². The second-order valence-corrected chi connectivity index (χ2v) is 9.39. The van der Waals surface area contributed by atoms with Gasteiger partial charge in [0.05, 0.1) is 45.4 Å². The molecule has 2 heterocycles. The van der Waals surface area contributed by atoms with Crippen molar-refractivity contribution in [1.29, 1.82) is 0 Å². The van der Waals surface area contributed by atoms with Crippen LogP contribution < -0.4 is 24.3 Å². The van der Waals surface area contributed by atoms with Crippen LogP contribution in [0.15, 0.2) is 72.9 Å². The second kappa shape index (κ2) is 11.1. The van der Waals surface area contributed by atoms with Crippen molar-refractivity contribution in [1.82, 2.24) is 19.9 Å². The quantitative estimate of drug-likeness (QED) is 0.223. The molecule has 0 amide bonds. The number of fused-ring (bicyclic) bond motifs is 5. The Morgan fingerprint density at radius 3 is 2.17 bits per heavy atom. The van der Waals surface area contributed by atoms with E-state index < -0.39 is 0 Å². The van der Waals surface area contributed by atoms with Crippen LogP contribution in [0.3, 0.4) is 0 Å². The van der Waals surface area contributed by atoms with Gasteiger partial charge in [0.1, 0.15) is 5.82 Å². The van der Waals surface area contributed by atoms with E-state index in [-0.39, 0.29) is 12.0 Å². The van der Waals surface area contributed by atoms with Gasteiger partial charge in [0.25, 0.3) is 0 Å². The van der Waals surface area contributed by atoms with Gasteiger partial charge < -0.3 is 24.3 Å². The summed E-state index contributed by atoms with van der Waals surface area (Å²) in [5.74, 6) is 1.98. The number of hydrogen-bond acceptors (Lipinski definition) is 9. The zero-order chi connectivity index (χ0) is 28.3. The highest BCUT2D eigenvalue weighted by Gasteiger charge is 2.29. The van der Waals surface area contributed by atoms with Crippen LogP contribution in [-0.4, -0.2) is 54.9 Å². The van der Waals surface area contributed by atoms with Gasteiger partial charge in [-0.1, -0.05) is 48.5 Å². The highest BCUT2D eigenvalue weighted by atomic mass is 16.5. The summed E-state index contributed by atoms with van der Waals surface area (Å²) in [6.07, 6.45) is 2.45. The Kier molecular flexibility index (Phi) is 7.08. The summed E-state index contributed by atoms with van der Waals surface area (Å²) in [6.45, 7) is 0.593. The number of methoxy groups -OCH3 is 4. The third kappa shape index (κ3) is 4.86. The SMILES string of the molecule is COc1ncc(-c2nc(OC)nc3c2-c2cc-3ccc2-c2ccccc2)c(NCCc2ccc(OC)c(OC)c2)n1. The number of benzene rings is 3. The lowest BCUT2D eigenvalue weighted by atomic mass is 9.96. The monoisotopic (exact) mass is 547 g/mol. The molecule has 206 valence electrons. The number of ether oxygens (including phenoxy) is 4. The van der Waals surface area contributed by atoms with E-state index in [9.17, 15) is 0 Å².